The highest BCUT2D eigenvalue weighted by molar-refractivity contribution is 5.84. The van der Waals surface area contributed by atoms with Crippen molar-refractivity contribution in [1.29, 1.82) is 0 Å². The number of allylic oxidation sites excluding steroid dienone is 1. The van der Waals surface area contributed by atoms with Crippen LogP contribution in [0.15, 0.2) is 24.0 Å². The van der Waals surface area contributed by atoms with Crippen molar-refractivity contribution < 1.29 is 23.8 Å². The van der Waals surface area contributed by atoms with Gasteiger partial charge in [-0.3, -0.25) is 4.79 Å². The summed E-state index contributed by atoms with van der Waals surface area (Å²) >= 11 is 0. The lowest BCUT2D eigenvalue weighted by Crippen LogP contribution is -2.21. The summed E-state index contributed by atoms with van der Waals surface area (Å²) in [6.07, 6.45) is 6.34. The van der Waals surface area contributed by atoms with E-state index in [-0.39, 0.29) is 29.5 Å². The number of rotatable bonds is 7. The predicted molar refractivity (Wildman–Crippen MR) is 81.0 cm³/mol. The second-order valence-corrected chi connectivity index (χ2v) is 5.66. The molecule has 4 atom stereocenters. The molecule has 122 valence electrons. The number of hydrogen-bond acceptors (Lipinski definition) is 5. The Morgan fingerprint density at radius 1 is 1.36 bits per heavy atom. The standard InChI is InChI=1S/C17H24O5/c1-5-14(18)11-9-12-13(10-15(11)20-3)17(12,21-4)8-7-16(19)22-6-2/h7-8,10-13H,5-6,9H2,1-4H3/b8-7+/t11-,12+,13-,17+/m1/s1. The fourth-order valence-corrected chi connectivity index (χ4v) is 3.45. The van der Waals surface area contributed by atoms with Crippen LogP contribution in [0.5, 0.6) is 0 Å². The summed E-state index contributed by atoms with van der Waals surface area (Å²) in [5, 5.41) is 0. The van der Waals surface area contributed by atoms with Gasteiger partial charge in [0.15, 0.2) is 0 Å². The van der Waals surface area contributed by atoms with Crippen LogP contribution in [0.3, 0.4) is 0 Å². The Morgan fingerprint density at radius 2 is 2.09 bits per heavy atom. The van der Waals surface area contributed by atoms with E-state index in [9.17, 15) is 9.59 Å². The highest BCUT2D eigenvalue weighted by atomic mass is 16.5. The van der Waals surface area contributed by atoms with Crippen LogP contribution in [0, 0.1) is 17.8 Å². The molecule has 5 heteroatoms. The summed E-state index contributed by atoms with van der Waals surface area (Å²) in [7, 11) is 3.22. The second kappa shape index (κ2) is 6.65. The minimum Gasteiger partial charge on any atom is -0.501 e. The molecule has 0 N–H and O–H groups in total. The van der Waals surface area contributed by atoms with Gasteiger partial charge in [0.1, 0.15) is 11.5 Å². The van der Waals surface area contributed by atoms with Gasteiger partial charge in [-0.1, -0.05) is 6.92 Å². The normalized spacial score (nSPS) is 33.1. The van der Waals surface area contributed by atoms with Gasteiger partial charge >= 0.3 is 5.97 Å². The molecule has 0 bridgehead atoms. The van der Waals surface area contributed by atoms with Crippen molar-refractivity contribution in [2.45, 2.75) is 32.3 Å². The van der Waals surface area contributed by atoms with E-state index in [2.05, 4.69) is 0 Å². The molecule has 0 spiro atoms. The largest absolute Gasteiger partial charge is 0.501 e. The minimum atomic E-state index is -0.528. The van der Waals surface area contributed by atoms with Crippen molar-refractivity contribution in [3.05, 3.63) is 24.0 Å². The van der Waals surface area contributed by atoms with Crippen LogP contribution in [0.1, 0.15) is 26.7 Å². The van der Waals surface area contributed by atoms with Gasteiger partial charge in [0.05, 0.1) is 25.2 Å². The molecule has 5 nitrogen and oxygen atoms in total. The molecule has 22 heavy (non-hydrogen) atoms. The first-order chi connectivity index (χ1) is 10.5. The molecular formula is C17H24O5. The number of hydrogen-bond donors (Lipinski definition) is 0. The van der Waals surface area contributed by atoms with Crippen LogP contribution in [-0.4, -0.2) is 38.2 Å². The highest BCUT2D eigenvalue weighted by Crippen LogP contribution is 2.61. The monoisotopic (exact) mass is 308 g/mol. The molecule has 0 aromatic carbocycles. The number of Topliss-reactive ketones (excluding diaryl/α,β-unsaturated/α-hetero) is 1. The van der Waals surface area contributed by atoms with Crippen LogP contribution in [0.25, 0.3) is 0 Å². The maximum atomic E-state index is 12.1. The van der Waals surface area contributed by atoms with Gasteiger partial charge < -0.3 is 14.2 Å². The molecule has 0 saturated heterocycles. The van der Waals surface area contributed by atoms with Crippen LogP contribution in [-0.2, 0) is 23.8 Å². The fraction of sp³-hybridized carbons (Fsp3) is 0.647. The van der Waals surface area contributed by atoms with Crippen molar-refractivity contribution >= 4 is 11.8 Å². The van der Waals surface area contributed by atoms with Gasteiger partial charge in [-0.05, 0) is 25.5 Å². The lowest BCUT2D eigenvalue weighted by atomic mass is 9.89. The lowest BCUT2D eigenvalue weighted by molar-refractivity contribution is -0.137. The van der Waals surface area contributed by atoms with Gasteiger partial charge in [-0.15, -0.1) is 0 Å². The number of fused-ring (bicyclic) bond motifs is 1. The molecule has 0 aliphatic heterocycles. The Balaban J connectivity index is 2.18. The van der Waals surface area contributed by atoms with E-state index in [4.69, 9.17) is 14.2 Å². The van der Waals surface area contributed by atoms with Crippen molar-refractivity contribution in [1.82, 2.24) is 0 Å². The summed E-state index contributed by atoms with van der Waals surface area (Å²) in [6.45, 7) is 3.97. The first-order valence-corrected chi connectivity index (χ1v) is 7.73. The fourth-order valence-electron chi connectivity index (χ4n) is 3.45. The maximum Gasteiger partial charge on any atom is 0.330 e. The molecule has 0 radical (unpaired) electrons. The van der Waals surface area contributed by atoms with Gasteiger partial charge in [0.2, 0.25) is 0 Å². The molecular weight excluding hydrogens is 284 g/mol. The van der Waals surface area contributed by atoms with E-state index in [1.807, 2.05) is 13.0 Å². The molecule has 2 aliphatic carbocycles. The third-order valence-corrected chi connectivity index (χ3v) is 4.69. The predicted octanol–water partition coefficient (Wildman–Crippen LogP) is 2.27. The molecule has 1 fully saturated rings. The summed E-state index contributed by atoms with van der Waals surface area (Å²) in [5.74, 6) is 0.653. The summed E-state index contributed by atoms with van der Waals surface area (Å²) < 4.78 is 16.0. The number of ether oxygens (including phenoxy) is 3. The van der Waals surface area contributed by atoms with Crippen LogP contribution in [0.4, 0.5) is 0 Å². The molecule has 0 heterocycles. The number of carbonyl (C=O) groups is 2. The average Bonchev–Trinajstić information content (AvgIpc) is 3.17. The third-order valence-electron chi connectivity index (χ3n) is 4.69. The summed E-state index contributed by atoms with van der Waals surface area (Å²) in [5.41, 5.74) is -0.528. The van der Waals surface area contributed by atoms with Gasteiger partial charge in [0, 0.05) is 31.4 Å². The molecule has 0 aromatic heterocycles. The van der Waals surface area contributed by atoms with Crippen LogP contribution >= 0.6 is 0 Å². The van der Waals surface area contributed by atoms with Crippen molar-refractivity contribution in [3.63, 3.8) is 0 Å². The maximum absolute atomic E-state index is 12.1. The van der Waals surface area contributed by atoms with Crippen molar-refractivity contribution in [3.8, 4) is 0 Å². The molecule has 0 amide bonds. The zero-order valence-corrected chi connectivity index (χ0v) is 13.6. The van der Waals surface area contributed by atoms with E-state index in [1.54, 1.807) is 27.2 Å². The number of esters is 1. The minimum absolute atomic E-state index is 0.138. The number of ketones is 1. The van der Waals surface area contributed by atoms with Crippen molar-refractivity contribution in [2.24, 2.45) is 17.8 Å². The molecule has 2 rings (SSSR count). The third kappa shape index (κ3) is 2.82. The second-order valence-electron chi connectivity index (χ2n) is 5.66. The zero-order chi connectivity index (χ0) is 16.3. The molecule has 0 unspecified atom stereocenters. The molecule has 2 aliphatic rings. The van der Waals surface area contributed by atoms with E-state index in [1.165, 1.54) is 6.08 Å². The Morgan fingerprint density at radius 3 is 2.64 bits per heavy atom. The zero-order valence-electron chi connectivity index (χ0n) is 13.6. The quantitative estimate of drug-likeness (QED) is 0.533. The van der Waals surface area contributed by atoms with Gasteiger partial charge in [-0.25, -0.2) is 4.79 Å². The van der Waals surface area contributed by atoms with Crippen LogP contribution in [0.2, 0.25) is 0 Å². The van der Waals surface area contributed by atoms with E-state index >= 15 is 0 Å². The van der Waals surface area contributed by atoms with Crippen LogP contribution < -0.4 is 0 Å². The lowest BCUT2D eigenvalue weighted by Gasteiger charge is -2.20. The number of methoxy groups -OCH3 is 2. The van der Waals surface area contributed by atoms with Crippen molar-refractivity contribution in [2.75, 3.05) is 20.8 Å². The Bertz CT molecular complexity index is 507. The Kier molecular flexibility index (Phi) is 5.06. The summed E-state index contributed by atoms with van der Waals surface area (Å²) in [4.78, 5) is 23.6. The Hall–Kier alpha value is -1.62. The first kappa shape index (κ1) is 16.7. The van der Waals surface area contributed by atoms with E-state index in [0.717, 1.165) is 5.76 Å². The van der Waals surface area contributed by atoms with Gasteiger partial charge in [0.25, 0.3) is 0 Å². The average molecular weight is 308 g/mol. The van der Waals surface area contributed by atoms with E-state index < -0.39 is 5.60 Å². The SMILES string of the molecule is CCOC(=O)/C=C/[C@@]1(OC)[C@@H]2C=C(OC)[C@@H](C(=O)CC)C[C@@H]21. The number of carbonyl (C=O) groups excluding carboxylic acids is 2. The highest BCUT2D eigenvalue weighted by Gasteiger charge is 2.65. The smallest absolute Gasteiger partial charge is 0.330 e. The molecule has 0 aromatic rings. The Labute approximate surface area is 131 Å². The van der Waals surface area contributed by atoms with E-state index in [0.29, 0.717) is 19.4 Å². The first-order valence-electron chi connectivity index (χ1n) is 7.73. The summed E-state index contributed by atoms with van der Waals surface area (Å²) in [6, 6.07) is 0. The van der Waals surface area contributed by atoms with Gasteiger partial charge in [-0.2, -0.15) is 0 Å². The topological polar surface area (TPSA) is 61.8 Å². The molecule has 1 saturated carbocycles.